The quantitative estimate of drug-likeness (QED) is 0.904. The van der Waals surface area contributed by atoms with Crippen molar-refractivity contribution in [2.45, 2.75) is 26.0 Å². The average Bonchev–Trinajstić information content (AvgIpc) is 2.33. The van der Waals surface area contributed by atoms with Gasteiger partial charge in [0.2, 0.25) is 0 Å². The fourth-order valence-corrected chi connectivity index (χ4v) is 2.24. The number of ether oxygens (including phenoxy) is 1. The molecule has 4 nitrogen and oxygen atoms in total. The molecule has 1 heterocycles. The van der Waals surface area contributed by atoms with Gasteiger partial charge in [-0.25, -0.2) is 4.39 Å². The number of benzene rings is 1. The first-order valence-corrected chi connectivity index (χ1v) is 6.35. The SMILES string of the molecule is Cc1ccc(CN2CCOC(CC(=O)O)C2)cc1F. The highest BCUT2D eigenvalue weighted by Crippen LogP contribution is 2.15. The zero-order valence-electron chi connectivity index (χ0n) is 10.9. The normalized spacial score (nSPS) is 20.4. The van der Waals surface area contributed by atoms with E-state index in [2.05, 4.69) is 4.90 Å². The van der Waals surface area contributed by atoms with Crippen molar-refractivity contribution in [2.24, 2.45) is 0 Å². The van der Waals surface area contributed by atoms with Gasteiger partial charge in [-0.05, 0) is 24.1 Å². The third kappa shape index (κ3) is 4.01. The fourth-order valence-electron chi connectivity index (χ4n) is 2.24. The molecule has 0 radical (unpaired) electrons. The summed E-state index contributed by atoms with van der Waals surface area (Å²) in [5, 5.41) is 8.76. The summed E-state index contributed by atoms with van der Waals surface area (Å²) in [6.45, 7) is 4.19. The summed E-state index contributed by atoms with van der Waals surface area (Å²) >= 11 is 0. The van der Waals surface area contributed by atoms with Gasteiger partial charge >= 0.3 is 5.97 Å². The summed E-state index contributed by atoms with van der Waals surface area (Å²) in [5.74, 6) is -1.05. The van der Waals surface area contributed by atoms with E-state index < -0.39 is 5.97 Å². The predicted octanol–water partition coefficient (Wildman–Crippen LogP) is 1.81. The maximum absolute atomic E-state index is 13.5. The summed E-state index contributed by atoms with van der Waals surface area (Å²) in [6, 6.07) is 5.21. The lowest BCUT2D eigenvalue weighted by atomic mass is 10.1. The number of hydrogen-bond donors (Lipinski definition) is 1. The van der Waals surface area contributed by atoms with Crippen LogP contribution in [-0.4, -0.2) is 41.8 Å². The third-order valence-corrected chi connectivity index (χ3v) is 3.27. The summed E-state index contributed by atoms with van der Waals surface area (Å²) in [4.78, 5) is 12.8. The van der Waals surface area contributed by atoms with Gasteiger partial charge in [-0.3, -0.25) is 9.69 Å². The summed E-state index contributed by atoms with van der Waals surface area (Å²) in [7, 11) is 0. The zero-order chi connectivity index (χ0) is 13.8. The van der Waals surface area contributed by atoms with Crippen molar-refractivity contribution in [1.82, 2.24) is 4.90 Å². The van der Waals surface area contributed by atoms with Gasteiger partial charge in [-0.15, -0.1) is 0 Å². The van der Waals surface area contributed by atoms with Gasteiger partial charge in [0.15, 0.2) is 0 Å². The monoisotopic (exact) mass is 267 g/mol. The van der Waals surface area contributed by atoms with Gasteiger partial charge < -0.3 is 9.84 Å². The minimum absolute atomic E-state index is 0.0127. The molecular formula is C14H18FNO3. The highest BCUT2D eigenvalue weighted by Gasteiger charge is 2.22. The molecule has 1 aliphatic heterocycles. The molecule has 0 saturated carbocycles. The Morgan fingerprint density at radius 1 is 1.58 bits per heavy atom. The van der Waals surface area contributed by atoms with E-state index in [4.69, 9.17) is 9.84 Å². The predicted molar refractivity (Wildman–Crippen MR) is 68.4 cm³/mol. The van der Waals surface area contributed by atoms with Crippen LogP contribution in [0.2, 0.25) is 0 Å². The molecule has 1 aromatic rings. The Morgan fingerprint density at radius 3 is 3.05 bits per heavy atom. The van der Waals surface area contributed by atoms with Crippen molar-refractivity contribution in [3.63, 3.8) is 0 Å². The Balaban J connectivity index is 1.94. The van der Waals surface area contributed by atoms with E-state index in [1.165, 1.54) is 6.07 Å². The number of rotatable bonds is 4. The molecule has 1 N–H and O–H groups in total. The van der Waals surface area contributed by atoms with Gasteiger partial charge in [0.25, 0.3) is 0 Å². The minimum atomic E-state index is -0.853. The van der Waals surface area contributed by atoms with Gasteiger partial charge in [0, 0.05) is 19.6 Å². The molecule has 0 bridgehead atoms. The van der Waals surface area contributed by atoms with Crippen LogP contribution in [0.4, 0.5) is 4.39 Å². The first kappa shape index (κ1) is 14.0. The number of nitrogens with zero attached hydrogens (tertiary/aromatic N) is 1. The molecule has 1 aromatic carbocycles. The molecule has 19 heavy (non-hydrogen) atoms. The van der Waals surface area contributed by atoms with Crippen LogP contribution in [0, 0.1) is 12.7 Å². The van der Waals surface area contributed by atoms with E-state index in [0.717, 1.165) is 12.1 Å². The second-order valence-electron chi connectivity index (χ2n) is 4.91. The van der Waals surface area contributed by atoms with E-state index in [-0.39, 0.29) is 18.3 Å². The number of hydrogen-bond acceptors (Lipinski definition) is 3. The van der Waals surface area contributed by atoms with Crippen LogP contribution in [0.5, 0.6) is 0 Å². The molecule has 2 rings (SSSR count). The average molecular weight is 267 g/mol. The van der Waals surface area contributed by atoms with Gasteiger partial charge in [-0.1, -0.05) is 12.1 Å². The number of halogens is 1. The first-order valence-electron chi connectivity index (χ1n) is 6.35. The molecule has 0 spiro atoms. The Morgan fingerprint density at radius 2 is 2.37 bits per heavy atom. The Kier molecular flexibility index (Phi) is 4.50. The minimum Gasteiger partial charge on any atom is -0.481 e. The van der Waals surface area contributed by atoms with Crippen LogP contribution >= 0.6 is 0 Å². The van der Waals surface area contributed by atoms with Crippen LogP contribution in [0.25, 0.3) is 0 Å². The Bertz CT molecular complexity index is 464. The molecule has 1 saturated heterocycles. The largest absolute Gasteiger partial charge is 0.481 e. The van der Waals surface area contributed by atoms with Crippen LogP contribution < -0.4 is 0 Å². The van der Waals surface area contributed by atoms with E-state index in [1.54, 1.807) is 13.0 Å². The number of aryl methyl sites for hydroxylation is 1. The van der Waals surface area contributed by atoms with Crippen molar-refractivity contribution < 1.29 is 19.0 Å². The van der Waals surface area contributed by atoms with Crippen molar-refractivity contribution in [3.05, 3.63) is 35.1 Å². The highest BCUT2D eigenvalue weighted by atomic mass is 19.1. The highest BCUT2D eigenvalue weighted by molar-refractivity contribution is 5.67. The summed E-state index contributed by atoms with van der Waals surface area (Å²) < 4.78 is 18.9. The molecule has 104 valence electrons. The number of carboxylic acids is 1. The third-order valence-electron chi connectivity index (χ3n) is 3.27. The summed E-state index contributed by atoms with van der Waals surface area (Å²) in [5.41, 5.74) is 1.54. The Labute approximate surface area is 111 Å². The molecule has 5 heteroatoms. The molecule has 0 amide bonds. The van der Waals surface area contributed by atoms with Crippen molar-refractivity contribution >= 4 is 5.97 Å². The lowest BCUT2D eigenvalue weighted by molar-refractivity contribution is -0.142. The topological polar surface area (TPSA) is 49.8 Å². The molecule has 1 atom stereocenters. The fraction of sp³-hybridized carbons (Fsp3) is 0.500. The Hall–Kier alpha value is -1.46. The number of carbonyl (C=O) groups is 1. The molecule has 0 aliphatic carbocycles. The van der Waals surface area contributed by atoms with E-state index in [0.29, 0.717) is 25.3 Å². The van der Waals surface area contributed by atoms with Crippen molar-refractivity contribution in [1.29, 1.82) is 0 Å². The van der Waals surface area contributed by atoms with Crippen LogP contribution in [0.1, 0.15) is 17.5 Å². The molecule has 1 fully saturated rings. The van der Waals surface area contributed by atoms with E-state index in [1.807, 2.05) is 6.07 Å². The van der Waals surface area contributed by atoms with Crippen LogP contribution in [0.15, 0.2) is 18.2 Å². The van der Waals surface area contributed by atoms with Crippen molar-refractivity contribution in [2.75, 3.05) is 19.7 Å². The van der Waals surface area contributed by atoms with Gasteiger partial charge in [0.05, 0.1) is 19.1 Å². The summed E-state index contributed by atoms with van der Waals surface area (Å²) in [6.07, 6.45) is -0.264. The first-order chi connectivity index (χ1) is 9.04. The second-order valence-corrected chi connectivity index (χ2v) is 4.91. The van der Waals surface area contributed by atoms with Crippen molar-refractivity contribution in [3.8, 4) is 0 Å². The number of morpholine rings is 1. The second kappa shape index (κ2) is 6.12. The lowest BCUT2D eigenvalue weighted by Gasteiger charge is -2.32. The molecular weight excluding hydrogens is 249 g/mol. The van der Waals surface area contributed by atoms with E-state index in [9.17, 15) is 9.18 Å². The zero-order valence-corrected chi connectivity index (χ0v) is 10.9. The molecule has 0 aromatic heterocycles. The molecule has 1 unspecified atom stereocenters. The molecule has 1 aliphatic rings. The smallest absolute Gasteiger partial charge is 0.306 e. The maximum atomic E-state index is 13.5. The standard InChI is InChI=1S/C14H18FNO3/c1-10-2-3-11(6-13(10)15)8-16-4-5-19-12(9-16)7-14(17)18/h2-3,6,12H,4-5,7-9H2,1H3,(H,17,18). The lowest BCUT2D eigenvalue weighted by Crippen LogP contribution is -2.42. The maximum Gasteiger partial charge on any atom is 0.306 e. The number of aliphatic carboxylic acids is 1. The van der Waals surface area contributed by atoms with Crippen LogP contribution in [-0.2, 0) is 16.1 Å². The van der Waals surface area contributed by atoms with E-state index >= 15 is 0 Å². The van der Waals surface area contributed by atoms with Crippen LogP contribution in [0.3, 0.4) is 0 Å². The van der Waals surface area contributed by atoms with Gasteiger partial charge in [-0.2, -0.15) is 0 Å². The number of carboxylic acid groups (broad SMARTS) is 1. The van der Waals surface area contributed by atoms with Gasteiger partial charge in [0.1, 0.15) is 5.82 Å².